The highest BCUT2D eigenvalue weighted by atomic mass is 35.5. The zero-order valence-corrected chi connectivity index (χ0v) is 25.8. The van der Waals surface area contributed by atoms with Crippen LogP contribution >= 0.6 is 23.2 Å². The van der Waals surface area contributed by atoms with Gasteiger partial charge in [-0.2, -0.15) is 0 Å². The van der Waals surface area contributed by atoms with Crippen molar-refractivity contribution < 1.29 is 22.8 Å². The van der Waals surface area contributed by atoms with Crippen LogP contribution in [0.25, 0.3) is 0 Å². The number of amides is 2. The van der Waals surface area contributed by atoms with Crippen LogP contribution in [0.15, 0.2) is 77.3 Å². The van der Waals surface area contributed by atoms with Gasteiger partial charge in [-0.05, 0) is 55.7 Å². The Hall–Kier alpha value is -3.02. The zero-order chi connectivity index (χ0) is 30.4. The second-order valence-electron chi connectivity index (χ2n) is 10.4. The van der Waals surface area contributed by atoms with Crippen LogP contribution < -0.4 is 10.2 Å². The van der Waals surface area contributed by atoms with E-state index >= 15 is 0 Å². The maximum absolute atomic E-state index is 14.2. The van der Waals surface area contributed by atoms with Crippen LogP contribution in [-0.4, -0.2) is 54.5 Å². The molecule has 0 spiro atoms. The molecule has 9 nitrogen and oxygen atoms in total. The fourth-order valence-corrected chi connectivity index (χ4v) is 6.78. The molecule has 224 valence electrons. The van der Waals surface area contributed by atoms with Gasteiger partial charge in [0.1, 0.15) is 6.61 Å². The quantitative estimate of drug-likeness (QED) is 0.286. The number of hydrogen-bond acceptors (Lipinski definition) is 6. The highest BCUT2D eigenvalue weighted by Gasteiger charge is 2.49. The minimum absolute atomic E-state index is 0.0271. The zero-order valence-electron chi connectivity index (χ0n) is 23.4. The first kappa shape index (κ1) is 31.9. The van der Waals surface area contributed by atoms with Crippen molar-refractivity contribution in [2.75, 3.05) is 6.26 Å². The minimum atomic E-state index is -3.59. The first-order valence-electron chi connectivity index (χ1n) is 13.6. The maximum Gasteiger partial charge on any atom is 0.255 e. The van der Waals surface area contributed by atoms with Gasteiger partial charge in [0.05, 0.1) is 23.9 Å². The van der Waals surface area contributed by atoms with Gasteiger partial charge in [0, 0.05) is 33.4 Å². The van der Waals surface area contributed by atoms with Crippen LogP contribution in [0.5, 0.6) is 0 Å². The average molecular weight is 634 g/mol. The Morgan fingerprint density at radius 3 is 2.60 bits per heavy atom. The van der Waals surface area contributed by atoms with Gasteiger partial charge in [-0.1, -0.05) is 73.0 Å². The predicted octanol–water partition coefficient (Wildman–Crippen LogP) is 4.84. The van der Waals surface area contributed by atoms with Crippen LogP contribution in [-0.2, 0) is 26.3 Å². The molecule has 2 heterocycles. The van der Waals surface area contributed by atoms with E-state index in [1.807, 2.05) is 19.1 Å². The molecule has 2 aliphatic rings. The Morgan fingerprint density at radius 2 is 1.88 bits per heavy atom. The highest BCUT2D eigenvalue weighted by molar-refractivity contribution is 7.88. The smallest absolute Gasteiger partial charge is 0.255 e. The summed E-state index contributed by atoms with van der Waals surface area (Å²) >= 11 is 13.1. The molecule has 1 saturated carbocycles. The van der Waals surface area contributed by atoms with Crippen LogP contribution in [0.1, 0.15) is 58.9 Å². The molecule has 12 heteroatoms. The number of allylic oxidation sites excluding steroid dienone is 4. The summed E-state index contributed by atoms with van der Waals surface area (Å²) in [6.45, 7) is 5.53. The Labute approximate surface area is 256 Å². The minimum Gasteiger partial charge on any atom is -0.325 e. The van der Waals surface area contributed by atoms with E-state index in [0.29, 0.717) is 34.7 Å². The van der Waals surface area contributed by atoms with Gasteiger partial charge < -0.3 is 4.90 Å². The number of aryl methyl sites for hydroxylation is 1. The highest BCUT2D eigenvalue weighted by Crippen LogP contribution is 2.42. The van der Waals surface area contributed by atoms with Crippen LogP contribution in [0.3, 0.4) is 0 Å². The fraction of sp³-hybridized carbons (Fsp3) is 0.367. The SMILES string of the molecule is C=C/C(Cl)=C\C=C(/Cl)[C@H]1[C@H](C(=O)NOCc2cccc(C)n2)c2ccccc2C(=O)N1[C@H]1CCCCC1NS(C)(=O)=O. The number of nitrogens with one attached hydrogen (secondary N) is 2. The maximum atomic E-state index is 14.2. The van der Waals surface area contributed by atoms with Crippen LogP contribution in [0, 0.1) is 6.92 Å². The lowest BCUT2D eigenvalue weighted by Gasteiger charge is -2.48. The van der Waals surface area contributed by atoms with Gasteiger partial charge in [-0.15, -0.1) is 0 Å². The number of pyridine rings is 1. The number of nitrogens with zero attached hydrogens (tertiary/aromatic N) is 2. The Balaban J connectivity index is 1.78. The first-order chi connectivity index (χ1) is 20.0. The summed E-state index contributed by atoms with van der Waals surface area (Å²) in [5, 5.41) is 0.480. The molecule has 1 aromatic heterocycles. The van der Waals surface area contributed by atoms with Crippen molar-refractivity contribution in [1.82, 2.24) is 20.1 Å². The standard InChI is InChI=1S/C30H34Cl2N4O5S/c1-4-20(31)16-17-24(32)28-27(29(37)34-41-18-21-11-9-10-19(2)33-21)22-12-5-6-13-23(22)30(38)36(28)26-15-8-7-14-25(26)35-42(3,39)40/h4-6,9-13,16-17,25-28,35H,1,7-8,14-15,18H2,2-3H3,(H,34,37)/b20-16+,24-17-/t25?,26-,27+,28-/m0/s1. The van der Waals surface area contributed by atoms with Gasteiger partial charge in [0.25, 0.3) is 11.8 Å². The number of sulfonamides is 1. The van der Waals surface area contributed by atoms with Crippen molar-refractivity contribution in [2.24, 2.45) is 0 Å². The number of hydroxylamine groups is 1. The summed E-state index contributed by atoms with van der Waals surface area (Å²) in [6.07, 6.45) is 8.21. The van der Waals surface area contributed by atoms with Crippen molar-refractivity contribution in [3.8, 4) is 0 Å². The number of fused-ring (bicyclic) bond motifs is 1. The molecule has 2 amide bonds. The number of benzene rings is 1. The van der Waals surface area contributed by atoms with Gasteiger partial charge in [-0.3, -0.25) is 19.4 Å². The predicted molar refractivity (Wildman–Crippen MR) is 163 cm³/mol. The van der Waals surface area contributed by atoms with E-state index < -0.39 is 40.0 Å². The van der Waals surface area contributed by atoms with E-state index in [2.05, 4.69) is 21.8 Å². The fourth-order valence-electron chi connectivity index (χ4n) is 5.60. The molecule has 2 aromatic rings. The first-order valence-corrected chi connectivity index (χ1v) is 16.2. The Bertz CT molecular complexity index is 1510. The lowest BCUT2D eigenvalue weighted by atomic mass is 9.78. The topological polar surface area (TPSA) is 118 Å². The monoisotopic (exact) mass is 632 g/mol. The Kier molecular flexibility index (Phi) is 10.6. The van der Waals surface area contributed by atoms with E-state index in [1.54, 1.807) is 35.2 Å². The normalized spacial score (nSPS) is 23.3. The number of hydrogen-bond donors (Lipinski definition) is 2. The summed E-state index contributed by atoms with van der Waals surface area (Å²) in [5.74, 6) is -1.85. The van der Waals surface area contributed by atoms with Crippen molar-refractivity contribution in [3.63, 3.8) is 0 Å². The summed E-state index contributed by atoms with van der Waals surface area (Å²) in [7, 11) is -3.59. The molecule has 2 N–H and O–H groups in total. The summed E-state index contributed by atoms with van der Waals surface area (Å²) in [6, 6.07) is 10.2. The van der Waals surface area contributed by atoms with Gasteiger partial charge in [0.15, 0.2) is 0 Å². The number of halogens is 2. The van der Waals surface area contributed by atoms with E-state index in [9.17, 15) is 18.0 Å². The van der Waals surface area contributed by atoms with Crippen molar-refractivity contribution in [2.45, 2.75) is 63.3 Å². The number of carbonyl (C=O) groups is 2. The molecular weight excluding hydrogens is 599 g/mol. The van der Waals surface area contributed by atoms with Gasteiger partial charge in [-0.25, -0.2) is 18.6 Å². The largest absolute Gasteiger partial charge is 0.325 e. The molecule has 1 aliphatic carbocycles. The third kappa shape index (κ3) is 7.67. The number of aromatic nitrogens is 1. The van der Waals surface area contributed by atoms with Crippen molar-refractivity contribution >= 4 is 45.0 Å². The molecule has 4 rings (SSSR count). The van der Waals surface area contributed by atoms with E-state index in [-0.39, 0.29) is 17.5 Å². The summed E-state index contributed by atoms with van der Waals surface area (Å²) < 4.78 is 27.3. The van der Waals surface area contributed by atoms with Gasteiger partial charge >= 0.3 is 0 Å². The molecular formula is C30H34Cl2N4O5S. The lowest BCUT2D eigenvalue weighted by Crippen LogP contribution is -2.62. The third-order valence-electron chi connectivity index (χ3n) is 7.33. The lowest BCUT2D eigenvalue weighted by molar-refractivity contribution is -0.137. The molecule has 0 bridgehead atoms. The van der Waals surface area contributed by atoms with E-state index in [4.69, 9.17) is 28.0 Å². The van der Waals surface area contributed by atoms with Gasteiger partial charge in [0.2, 0.25) is 10.0 Å². The van der Waals surface area contributed by atoms with Crippen molar-refractivity contribution in [3.05, 3.63) is 99.9 Å². The average Bonchev–Trinajstić information content (AvgIpc) is 2.95. The number of rotatable bonds is 10. The summed E-state index contributed by atoms with van der Waals surface area (Å²) in [5.41, 5.74) is 4.79. The van der Waals surface area contributed by atoms with Crippen LogP contribution in [0.2, 0.25) is 0 Å². The second kappa shape index (κ2) is 14.0. The van der Waals surface area contributed by atoms with Crippen molar-refractivity contribution in [1.29, 1.82) is 0 Å². The molecule has 1 fully saturated rings. The molecule has 0 radical (unpaired) electrons. The molecule has 1 unspecified atom stereocenters. The second-order valence-corrected chi connectivity index (χ2v) is 13.1. The molecule has 1 aromatic carbocycles. The molecule has 0 saturated heterocycles. The third-order valence-corrected chi connectivity index (χ3v) is 8.69. The Morgan fingerprint density at radius 1 is 1.14 bits per heavy atom. The molecule has 4 atom stereocenters. The van der Waals surface area contributed by atoms with E-state index in [1.165, 1.54) is 18.2 Å². The van der Waals surface area contributed by atoms with E-state index in [0.717, 1.165) is 24.8 Å². The summed E-state index contributed by atoms with van der Waals surface area (Å²) in [4.78, 5) is 39.6. The number of carbonyl (C=O) groups excluding carboxylic acids is 2. The van der Waals surface area contributed by atoms with Crippen LogP contribution in [0.4, 0.5) is 0 Å². The molecule has 42 heavy (non-hydrogen) atoms. The molecule has 1 aliphatic heterocycles.